The van der Waals surface area contributed by atoms with Crippen LogP contribution in [0.3, 0.4) is 0 Å². The lowest BCUT2D eigenvalue weighted by Crippen LogP contribution is -2.48. The predicted octanol–water partition coefficient (Wildman–Crippen LogP) is 2.25. The number of piperidine rings is 1. The van der Waals surface area contributed by atoms with E-state index in [0.717, 1.165) is 19.5 Å². The van der Waals surface area contributed by atoms with Gasteiger partial charge in [0.05, 0.1) is 5.88 Å². The molecule has 0 aromatic rings. The Morgan fingerprint density at radius 3 is 2.71 bits per heavy atom. The van der Waals surface area contributed by atoms with Crippen LogP contribution in [0, 0.1) is 11.3 Å². The van der Waals surface area contributed by atoms with E-state index in [4.69, 9.17) is 0 Å². The van der Waals surface area contributed by atoms with Gasteiger partial charge >= 0.3 is 0 Å². The molecule has 2 aliphatic heterocycles. The second-order valence-corrected chi connectivity index (χ2v) is 8.91. The quantitative estimate of drug-likeness (QED) is 0.771. The molecule has 2 saturated heterocycles. The smallest absolute Gasteiger partial charge is 0.243 e. The van der Waals surface area contributed by atoms with E-state index in [9.17, 15) is 9.59 Å². The van der Waals surface area contributed by atoms with Gasteiger partial charge in [0, 0.05) is 18.7 Å². The van der Waals surface area contributed by atoms with Crippen molar-refractivity contribution in [1.29, 1.82) is 0 Å². The third-order valence-corrected chi connectivity index (χ3v) is 5.45. The van der Waals surface area contributed by atoms with Gasteiger partial charge in [0.2, 0.25) is 11.8 Å². The molecule has 5 nitrogen and oxygen atoms in total. The summed E-state index contributed by atoms with van der Waals surface area (Å²) in [5.74, 6) is 2.13. The Bertz CT molecular complexity index is 423. The number of hydrogen-bond donors (Lipinski definition) is 2. The number of hydrogen-bond acceptors (Lipinski definition) is 4. The van der Waals surface area contributed by atoms with E-state index < -0.39 is 0 Å². The van der Waals surface area contributed by atoms with Gasteiger partial charge in [0.25, 0.3) is 0 Å². The summed E-state index contributed by atoms with van der Waals surface area (Å²) >= 11 is 1.67. The zero-order valence-corrected chi connectivity index (χ0v) is 16.7. The molecule has 2 rings (SSSR count). The first-order valence-electron chi connectivity index (χ1n) is 8.72. The van der Waals surface area contributed by atoms with Gasteiger partial charge in [0.15, 0.2) is 0 Å². The lowest BCUT2D eigenvalue weighted by molar-refractivity contribution is -0.139. The Labute approximate surface area is 156 Å². The minimum Gasteiger partial charge on any atom is -0.354 e. The van der Waals surface area contributed by atoms with Gasteiger partial charge in [0.1, 0.15) is 6.04 Å². The van der Waals surface area contributed by atoms with E-state index in [1.807, 2.05) is 0 Å². The van der Waals surface area contributed by atoms with Crippen LogP contribution in [0.5, 0.6) is 0 Å². The molecule has 0 aromatic carbocycles. The molecular weight excluding hydrogens is 346 g/mol. The normalized spacial score (nSPS) is 24.4. The molecular formula is C17H32ClN3O2S. The highest BCUT2D eigenvalue weighted by Crippen LogP contribution is 2.26. The summed E-state index contributed by atoms with van der Waals surface area (Å²) in [6, 6.07) is -0.292. The van der Waals surface area contributed by atoms with E-state index in [0.29, 0.717) is 30.5 Å². The predicted molar refractivity (Wildman–Crippen MR) is 102 cm³/mol. The summed E-state index contributed by atoms with van der Waals surface area (Å²) < 4.78 is 0. The highest BCUT2D eigenvalue weighted by Gasteiger charge is 2.35. The fraction of sp³-hybridized carbons (Fsp3) is 0.882. The fourth-order valence-electron chi connectivity index (χ4n) is 3.15. The number of nitrogens with one attached hydrogen (secondary N) is 2. The molecule has 7 heteroatoms. The highest BCUT2D eigenvalue weighted by atomic mass is 35.5. The van der Waals surface area contributed by atoms with E-state index >= 15 is 0 Å². The van der Waals surface area contributed by atoms with Crippen molar-refractivity contribution in [3.05, 3.63) is 0 Å². The maximum Gasteiger partial charge on any atom is 0.243 e. The summed E-state index contributed by atoms with van der Waals surface area (Å²) in [4.78, 5) is 26.6. The number of thioether (sulfide) groups is 1. The van der Waals surface area contributed by atoms with Gasteiger partial charge in [-0.05, 0) is 43.7 Å². The van der Waals surface area contributed by atoms with Crippen molar-refractivity contribution in [3.8, 4) is 0 Å². The Hall–Kier alpha value is -0.460. The number of halogens is 1. The summed E-state index contributed by atoms with van der Waals surface area (Å²) in [7, 11) is 0. The Morgan fingerprint density at radius 1 is 1.33 bits per heavy atom. The molecule has 2 atom stereocenters. The van der Waals surface area contributed by atoms with Crippen LogP contribution >= 0.6 is 24.2 Å². The lowest BCUT2D eigenvalue weighted by Gasteiger charge is -2.27. The molecule has 2 N–H and O–H groups in total. The molecule has 2 heterocycles. The molecule has 140 valence electrons. The first kappa shape index (κ1) is 21.6. The minimum absolute atomic E-state index is 0. The van der Waals surface area contributed by atoms with Gasteiger partial charge < -0.3 is 15.5 Å². The molecule has 2 aliphatic rings. The second-order valence-electron chi connectivity index (χ2n) is 7.91. The van der Waals surface area contributed by atoms with Crippen molar-refractivity contribution in [2.45, 2.75) is 52.5 Å². The van der Waals surface area contributed by atoms with Gasteiger partial charge in [-0.25, -0.2) is 0 Å². The van der Waals surface area contributed by atoms with Crippen molar-refractivity contribution in [3.63, 3.8) is 0 Å². The summed E-state index contributed by atoms with van der Waals surface area (Å²) in [6.07, 6.45) is 3.99. The maximum absolute atomic E-state index is 12.4. The van der Waals surface area contributed by atoms with Crippen molar-refractivity contribution < 1.29 is 9.59 Å². The summed E-state index contributed by atoms with van der Waals surface area (Å²) in [5, 5.41) is 6.45. The Morgan fingerprint density at radius 2 is 2.08 bits per heavy atom. The monoisotopic (exact) mass is 377 g/mol. The third-order valence-electron chi connectivity index (χ3n) is 4.44. The van der Waals surface area contributed by atoms with Crippen molar-refractivity contribution in [2.75, 3.05) is 31.3 Å². The molecule has 0 bridgehead atoms. The van der Waals surface area contributed by atoms with Crippen LogP contribution < -0.4 is 10.6 Å². The van der Waals surface area contributed by atoms with Gasteiger partial charge in [-0.2, -0.15) is 0 Å². The zero-order chi connectivity index (χ0) is 16.9. The molecule has 0 aliphatic carbocycles. The number of nitrogens with zero attached hydrogens (tertiary/aromatic N) is 1. The molecule has 2 unspecified atom stereocenters. The van der Waals surface area contributed by atoms with Crippen LogP contribution in [0.15, 0.2) is 0 Å². The van der Waals surface area contributed by atoms with E-state index in [1.54, 1.807) is 16.7 Å². The van der Waals surface area contributed by atoms with Crippen molar-refractivity contribution in [1.82, 2.24) is 15.5 Å². The Kier molecular flexibility index (Phi) is 8.88. The largest absolute Gasteiger partial charge is 0.354 e. The van der Waals surface area contributed by atoms with E-state index in [-0.39, 0.29) is 35.7 Å². The van der Waals surface area contributed by atoms with Crippen LogP contribution in [0.4, 0.5) is 0 Å². The zero-order valence-electron chi connectivity index (χ0n) is 15.1. The molecule has 24 heavy (non-hydrogen) atoms. The van der Waals surface area contributed by atoms with Crippen LogP contribution in [-0.4, -0.2) is 54.0 Å². The first-order valence-corrected chi connectivity index (χ1v) is 9.88. The van der Waals surface area contributed by atoms with Crippen molar-refractivity contribution >= 4 is 36.0 Å². The fourth-order valence-corrected chi connectivity index (χ4v) is 4.33. The van der Waals surface area contributed by atoms with E-state index in [2.05, 4.69) is 31.4 Å². The summed E-state index contributed by atoms with van der Waals surface area (Å²) in [5.41, 5.74) is -0.0423. The maximum atomic E-state index is 12.4. The SMILES string of the molecule is CC(C)(C)CC(=O)N1CSCC1C(=O)NCCC1CCCNC1.Cl. The number of carbonyl (C=O) groups is 2. The number of carbonyl (C=O) groups excluding carboxylic acids is 2. The number of rotatable bonds is 5. The van der Waals surface area contributed by atoms with Gasteiger partial charge in [-0.15, -0.1) is 24.2 Å². The first-order chi connectivity index (χ1) is 10.9. The molecule has 0 aromatic heterocycles. The van der Waals surface area contributed by atoms with Gasteiger partial charge in [-0.3, -0.25) is 9.59 Å². The average Bonchev–Trinajstić information content (AvgIpc) is 2.96. The van der Waals surface area contributed by atoms with E-state index in [1.165, 1.54) is 12.8 Å². The van der Waals surface area contributed by atoms with Gasteiger partial charge in [-0.1, -0.05) is 20.8 Å². The van der Waals surface area contributed by atoms with Crippen LogP contribution in [0.2, 0.25) is 0 Å². The molecule has 2 fully saturated rings. The van der Waals surface area contributed by atoms with Crippen molar-refractivity contribution in [2.24, 2.45) is 11.3 Å². The Balaban J connectivity index is 0.00000288. The standard InChI is InChI=1S/C17H31N3O2S.ClH/c1-17(2,3)9-15(21)20-12-23-11-14(20)16(22)19-8-6-13-5-4-7-18-10-13;/h13-14,18H,4-12H2,1-3H3,(H,19,22);1H. The van der Waals surface area contributed by atoms with Crippen LogP contribution in [0.25, 0.3) is 0 Å². The average molecular weight is 378 g/mol. The summed E-state index contributed by atoms with van der Waals surface area (Å²) in [6.45, 7) is 9.07. The van der Waals surface area contributed by atoms with Crippen LogP contribution in [-0.2, 0) is 9.59 Å². The van der Waals surface area contributed by atoms with Crippen LogP contribution in [0.1, 0.15) is 46.5 Å². The molecule has 2 amide bonds. The molecule has 0 saturated carbocycles. The molecule has 0 radical (unpaired) electrons. The lowest BCUT2D eigenvalue weighted by atomic mass is 9.91. The third kappa shape index (κ3) is 6.81. The highest BCUT2D eigenvalue weighted by molar-refractivity contribution is 7.99. The second kappa shape index (κ2) is 9.88. The topological polar surface area (TPSA) is 61.4 Å². The minimum atomic E-state index is -0.292. The number of amides is 2. The molecule has 0 spiro atoms.